The van der Waals surface area contributed by atoms with Gasteiger partial charge in [-0.05, 0) is 5.56 Å². The van der Waals surface area contributed by atoms with Gasteiger partial charge in [-0.3, -0.25) is 4.79 Å². The van der Waals surface area contributed by atoms with Crippen molar-refractivity contribution in [3.8, 4) is 0 Å². The number of carbonyl (C=O) groups excluding carboxylic acids is 1. The summed E-state index contributed by atoms with van der Waals surface area (Å²) in [5.41, 5.74) is 6.49. The summed E-state index contributed by atoms with van der Waals surface area (Å²) in [5.74, 6) is 0.0199. The number of hydrogen-bond donors (Lipinski definition) is 2. The zero-order chi connectivity index (χ0) is 12.0. The summed E-state index contributed by atoms with van der Waals surface area (Å²) in [5, 5.41) is 2.90. The Kier molecular flexibility index (Phi) is 6.85. The number of nitrogens with two attached hydrogens (primary N) is 1. The highest BCUT2D eigenvalue weighted by Crippen LogP contribution is 2.21. The summed E-state index contributed by atoms with van der Waals surface area (Å²) in [4.78, 5) is 11.3. The molecule has 1 rings (SSSR count). The van der Waals surface area contributed by atoms with Crippen molar-refractivity contribution in [2.45, 2.75) is 25.7 Å². The molecule has 1 aromatic carbocycles. The summed E-state index contributed by atoms with van der Waals surface area (Å²) in [6, 6.07) is 10.2. The van der Waals surface area contributed by atoms with E-state index in [4.69, 9.17) is 5.73 Å². The van der Waals surface area contributed by atoms with E-state index in [1.54, 1.807) is 0 Å². The number of carbonyl (C=O) groups is 1. The van der Waals surface area contributed by atoms with Crippen LogP contribution in [0.5, 0.6) is 0 Å². The fourth-order valence-electron chi connectivity index (χ4n) is 1.53. The van der Waals surface area contributed by atoms with E-state index in [2.05, 4.69) is 31.3 Å². The van der Waals surface area contributed by atoms with Crippen LogP contribution in [0.3, 0.4) is 0 Å². The number of nitrogens with one attached hydrogen (secondary N) is 1. The largest absolute Gasteiger partial charge is 0.355 e. The highest BCUT2D eigenvalue weighted by atomic mass is 35.5. The van der Waals surface area contributed by atoms with E-state index < -0.39 is 0 Å². The second kappa shape index (κ2) is 7.30. The van der Waals surface area contributed by atoms with Crippen molar-refractivity contribution in [1.29, 1.82) is 0 Å². The first-order valence-corrected chi connectivity index (χ1v) is 5.58. The molecule has 3 nitrogen and oxygen atoms in total. The molecule has 3 N–H and O–H groups in total. The Morgan fingerprint density at radius 3 is 2.41 bits per heavy atom. The van der Waals surface area contributed by atoms with Crippen LogP contribution in [0.4, 0.5) is 0 Å². The third-order valence-electron chi connectivity index (χ3n) is 2.65. The van der Waals surface area contributed by atoms with Crippen molar-refractivity contribution in [3.05, 3.63) is 35.9 Å². The minimum Gasteiger partial charge on any atom is -0.355 e. The molecule has 0 bridgehead atoms. The van der Waals surface area contributed by atoms with Gasteiger partial charge in [-0.15, -0.1) is 12.4 Å². The Labute approximate surface area is 109 Å². The van der Waals surface area contributed by atoms with Gasteiger partial charge >= 0.3 is 0 Å². The van der Waals surface area contributed by atoms with Crippen LogP contribution in [0.15, 0.2) is 30.3 Å². The van der Waals surface area contributed by atoms with E-state index in [0.717, 1.165) is 0 Å². The Bertz CT molecular complexity index is 339. The van der Waals surface area contributed by atoms with Crippen LogP contribution < -0.4 is 11.1 Å². The number of rotatable bonds is 5. The van der Waals surface area contributed by atoms with Crippen LogP contribution >= 0.6 is 12.4 Å². The number of hydrogen-bond acceptors (Lipinski definition) is 2. The van der Waals surface area contributed by atoms with Crippen molar-refractivity contribution in [2.24, 2.45) is 5.73 Å². The van der Waals surface area contributed by atoms with E-state index in [9.17, 15) is 4.79 Å². The molecular formula is C13H21ClN2O. The predicted octanol–water partition coefficient (Wildman–Crippen LogP) is 1.85. The van der Waals surface area contributed by atoms with E-state index in [1.165, 1.54) is 5.56 Å². The molecule has 0 saturated heterocycles. The first-order valence-electron chi connectivity index (χ1n) is 5.58. The third kappa shape index (κ3) is 5.20. The molecule has 17 heavy (non-hydrogen) atoms. The molecule has 0 unspecified atom stereocenters. The molecule has 4 heteroatoms. The van der Waals surface area contributed by atoms with E-state index in [1.807, 2.05) is 18.2 Å². The van der Waals surface area contributed by atoms with Crippen LogP contribution in [-0.2, 0) is 10.2 Å². The van der Waals surface area contributed by atoms with Gasteiger partial charge in [0, 0.05) is 24.9 Å². The molecule has 0 atom stereocenters. The van der Waals surface area contributed by atoms with Gasteiger partial charge in [-0.1, -0.05) is 44.2 Å². The summed E-state index contributed by atoms with van der Waals surface area (Å²) in [6.45, 7) is 5.27. The van der Waals surface area contributed by atoms with Gasteiger partial charge < -0.3 is 11.1 Å². The molecule has 0 spiro atoms. The molecular weight excluding hydrogens is 236 g/mol. The quantitative estimate of drug-likeness (QED) is 0.845. The maximum Gasteiger partial charge on any atom is 0.221 e. The SMILES string of the molecule is CC(C)(CNC(=O)CCN)c1ccccc1.Cl. The van der Waals surface area contributed by atoms with Crippen LogP contribution in [0.25, 0.3) is 0 Å². The highest BCUT2D eigenvalue weighted by molar-refractivity contribution is 5.85. The third-order valence-corrected chi connectivity index (χ3v) is 2.65. The van der Waals surface area contributed by atoms with E-state index >= 15 is 0 Å². The minimum atomic E-state index is -0.0501. The van der Waals surface area contributed by atoms with Gasteiger partial charge in [0.2, 0.25) is 5.91 Å². The molecule has 0 aliphatic carbocycles. The summed E-state index contributed by atoms with van der Waals surface area (Å²) < 4.78 is 0. The van der Waals surface area contributed by atoms with Crippen molar-refractivity contribution in [1.82, 2.24) is 5.32 Å². The van der Waals surface area contributed by atoms with Crippen molar-refractivity contribution < 1.29 is 4.79 Å². The lowest BCUT2D eigenvalue weighted by molar-refractivity contribution is -0.121. The van der Waals surface area contributed by atoms with Gasteiger partial charge in [-0.25, -0.2) is 0 Å². The summed E-state index contributed by atoms with van der Waals surface area (Å²) in [7, 11) is 0. The van der Waals surface area contributed by atoms with Crippen LogP contribution in [0, 0.1) is 0 Å². The maximum absolute atomic E-state index is 11.3. The van der Waals surface area contributed by atoms with Crippen molar-refractivity contribution in [3.63, 3.8) is 0 Å². The molecule has 1 aromatic rings. The smallest absolute Gasteiger partial charge is 0.221 e. The first kappa shape index (κ1) is 15.9. The standard InChI is InChI=1S/C13H20N2O.ClH/c1-13(2,10-15-12(16)8-9-14)11-6-4-3-5-7-11;/h3-7H,8-10,14H2,1-2H3,(H,15,16);1H. The first-order chi connectivity index (χ1) is 7.56. The lowest BCUT2D eigenvalue weighted by Gasteiger charge is -2.25. The second-order valence-corrected chi connectivity index (χ2v) is 4.57. The molecule has 1 amide bonds. The van der Waals surface area contributed by atoms with Crippen molar-refractivity contribution >= 4 is 18.3 Å². The number of amides is 1. The van der Waals surface area contributed by atoms with Gasteiger partial charge in [0.05, 0.1) is 0 Å². The van der Waals surface area contributed by atoms with Gasteiger partial charge in [0.15, 0.2) is 0 Å². The molecule has 0 aliphatic rings. The Hall–Kier alpha value is -1.06. The van der Waals surface area contributed by atoms with Gasteiger partial charge in [-0.2, -0.15) is 0 Å². The summed E-state index contributed by atoms with van der Waals surface area (Å²) >= 11 is 0. The molecule has 0 fully saturated rings. The monoisotopic (exact) mass is 256 g/mol. The second-order valence-electron chi connectivity index (χ2n) is 4.57. The van der Waals surface area contributed by atoms with E-state index in [-0.39, 0.29) is 23.7 Å². The Morgan fingerprint density at radius 1 is 1.29 bits per heavy atom. The van der Waals surface area contributed by atoms with Gasteiger partial charge in [0.25, 0.3) is 0 Å². The maximum atomic E-state index is 11.3. The average Bonchev–Trinajstić information content (AvgIpc) is 2.28. The molecule has 0 aromatic heterocycles. The predicted molar refractivity (Wildman–Crippen MR) is 73.4 cm³/mol. The lowest BCUT2D eigenvalue weighted by atomic mass is 9.84. The topological polar surface area (TPSA) is 55.1 Å². The fourth-order valence-corrected chi connectivity index (χ4v) is 1.53. The molecule has 0 aliphatic heterocycles. The van der Waals surface area contributed by atoms with E-state index in [0.29, 0.717) is 19.5 Å². The normalized spacial score (nSPS) is 10.5. The zero-order valence-corrected chi connectivity index (χ0v) is 11.2. The van der Waals surface area contributed by atoms with Crippen LogP contribution in [0.2, 0.25) is 0 Å². The van der Waals surface area contributed by atoms with Crippen LogP contribution in [0.1, 0.15) is 25.8 Å². The Balaban J connectivity index is 0.00000256. The van der Waals surface area contributed by atoms with Gasteiger partial charge in [0.1, 0.15) is 0 Å². The number of benzene rings is 1. The molecule has 96 valence electrons. The molecule has 0 heterocycles. The highest BCUT2D eigenvalue weighted by Gasteiger charge is 2.20. The molecule has 0 radical (unpaired) electrons. The fraction of sp³-hybridized carbons (Fsp3) is 0.462. The molecule has 0 saturated carbocycles. The Morgan fingerprint density at radius 2 is 1.88 bits per heavy atom. The van der Waals surface area contributed by atoms with Crippen molar-refractivity contribution in [2.75, 3.05) is 13.1 Å². The minimum absolute atomic E-state index is 0. The average molecular weight is 257 g/mol. The summed E-state index contributed by atoms with van der Waals surface area (Å²) in [6.07, 6.45) is 0.394. The number of halogens is 1. The zero-order valence-electron chi connectivity index (χ0n) is 10.4. The lowest BCUT2D eigenvalue weighted by Crippen LogP contribution is -2.37. The van der Waals surface area contributed by atoms with Crippen LogP contribution in [-0.4, -0.2) is 19.0 Å².